The van der Waals surface area contributed by atoms with Crippen LogP contribution in [0.4, 0.5) is 5.95 Å². The molecule has 3 aromatic heterocycles. The summed E-state index contributed by atoms with van der Waals surface area (Å²) in [5.41, 5.74) is 0.981. The third-order valence-corrected chi connectivity index (χ3v) is 3.37. The van der Waals surface area contributed by atoms with Gasteiger partial charge in [-0.25, -0.2) is 9.78 Å². The molecule has 1 amide bonds. The van der Waals surface area contributed by atoms with Crippen LogP contribution < -0.4 is 5.32 Å². The van der Waals surface area contributed by atoms with E-state index in [1.807, 2.05) is 16.8 Å². The van der Waals surface area contributed by atoms with Crippen LogP contribution in [0.5, 0.6) is 0 Å². The van der Waals surface area contributed by atoms with E-state index in [1.165, 1.54) is 12.7 Å². The van der Waals surface area contributed by atoms with Crippen molar-refractivity contribution in [3.05, 3.63) is 35.0 Å². The van der Waals surface area contributed by atoms with Gasteiger partial charge in [-0.15, -0.1) is 5.10 Å². The molecule has 2 N–H and O–H groups in total. The van der Waals surface area contributed by atoms with E-state index in [4.69, 9.17) is 0 Å². The lowest BCUT2D eigenvalue weighted by Crippen LogP contribution is -2.21. The molecular formula is C10H10N8OS. The molecule has 0 radical (unpaired) electrons. The highest BCUT2D eigenvalue weighted by atomic mass is 32.1. The predicted molar refractivity (Wildman–Crippen MR) is 69.9 cm³/mol. The van der Waals surface area contributed by atoms with Crippen molar-refractivity contribution in [2.24, 2.45) is 0 Å². The lowest BCUT2D eigenvalue weighted by Gasteiger charge is -2.14. The van der Waals surface area contributed by atoms with Crippen LogP contribution in [0.2, 0.25) is 0 Å². The van der Waals surface area contributed by atoms with Gasteiger partial charge in [-0.1, -0.05) is 0 Å². The van der Waals surface area contributed by atoms with E-state index in [1.54, 1.807) is 16.0 Å². The maximum Gasteiger partial charge on any atom is 0.229 e. The number of aromatic nitrogens is 7. The molecule has 10 heteroatoms. The fraction of sp³-hybridized carbons (Fsp3) is 0.200. The summed E-state index contributed by atoms with van der Waals surface area (Å²) in [5, 5.41) is 23.9. The summed E-state index contributed by atoms with van der Waals surface area (Å²) < 4.78 is 1.56. The predicted octanol–water partition coefficient (Wildman–Crippen LogP) is 0.471. The Hall–Kier alpha value is -2.62. The standard InChI is InChI=1S/C10H10N8OS/c19-9(14-10-11-5-12-15-10)3-8(7-1-2-20-4-7)18-6-13-16-17-18/h1-2,4-6,8H,3H2,(H2,11,12,14,15,19)/t8-/m0/s1. The largest absolute Gasteiger partial charge is 0.295 e. The first kappa shape index (κ1) is 12.4. The Labute approximate surface area is 117 Å². The normalized spacial score (nSPS) is 12.2. The van der Waals surface area contributed by atoms with Crippen LogP contribution in [0, 0.1) is 0 Å². The molecule has 0 aliphatic rings. The number of nitrogens with zero attached hydrogens (tertiary/aromatic N) is 6. The maximum atomic E-state index is 12.0. The van der Waals surface area contributed by atoms with Crippen LogP contribution in [-0.2, 0) is 4.79 Å². The van der Waals surface area contributed by atoms with Crippen molar-refractivity contribution in [3.63, 3.8) is 0 Å². The molecule has 0 aromatic carbocycles. The Morgan fingerprint density at radius 3 is 3.15 bits per heavy atom. The van der Waals surface area contributed by atoms with E-state index in [9.17, 15) is 4.79 Å². The van der Waals surface area contributed by atoms with Gasteiger partial charge in [0, 0.05) is 0 Å². The number of tetrazole rings is 1. The van der Waals surface area contributed by atoms with Crippen LogP contribution in [-0.4, -0.2) is 41.3 Å². The summed E-state index contributed by atoms with van der Waals surface area (Å²) in [6, 6.07) is 1.69. The molecule has 9 nitrogen and oxygen atoms in total. The van der Waals surface area contributed by atoms with E-state index >= 15 is 0 Å². The molecule has 0 aliphatic carbocycles. The fourth-order valence-electron chi connectivity index (χ4n) is 1.76. The minimum atomic E-state index is -0.251. The second-order valence-electron chi connectivity index (χ2n) is 3.95. The van der Waals surface area contributed by atoms with Crippen molar-refractivity contribution < 1.29 is 4.79 Å². The number of carbonyl (C=O) groups is 1. The van der Waals surface area contributed by atoms with Crippen LogP contribution in [0.3, 0.4) is 0 Å². The topological polar surface area (TPSA) is 114 Å². The molecule has 20 heavy (non-hydrogen) atoms. The Balaban J connectivity index is 1.75. The van der Waals surface area contributed by atoms with E-state index in [-0.39, 0.29) is 18.4 Å². The van der Waals surface area contributed by atoms with Gasteiger partial charge in [-0.2, -0.15) is 21.4 Å². The molecule has 0 fully saturated rings. The molecule has 3 heterocycles. The highest BCUT2D eigenvalue weighted by Gasteiger charge is 2.20. The molecule has 0 spiro atoms. The van der Waals surface area contributed by atoms with Gasteiger partial charge in [-0.05, 0) is 32.8 Å². The van der Waals surface area contributed by atoms with Crippen molar-refractivity contribution in [2.45, 2.75) is 12.5 Å². The number of hydrogen-bond acceptors (Lipinski definition) is 7. The number of carbonyl (C=O) groups excluding carboxylic acids is 1. The minimum absolute atomic E-state index is 0.197. The molecule has 0 aliphatic heterocycles. The highest BCUT2D eigenvalue weighted by Crippen LogP contribution is 2.23. The Morgan fingerprint density at radius 2 is 2.50 bits per heavy atom. The summed E-state index contributed by atoms with van der Waals surface area (Å²) in [6.07, 6.45) is 3.01. The SMILES string of the molecule is O=C(C[C@@H](c1ccsc1)n1cnnn1)Nc1ncn[nH]1. The molecule has 0 saturated heterocycles. The van der Waals surface area contributed by atoms with Crippen LogP contribution in [0.25, 0.3) is 0 Å². The van der Waals surface area contributed by atoms with Crippen molar-refractivity contribution >= 4 is 23.2 Å². The third-order valence-electron chi connectivity index (χ3n) is 2.66. The minimum Gasteiger partial charge on any atom is -0.295 e. The van der Waals surface area contributed by atoms with E-state index in [0.717, 1.165) is 5.56 Å². The molecule has 3 aromatic rings. The van der Waals surface area contributed by atoms with Crippen molar-refractivity contribution in [1.29, 1.82) is 0 Å². The Morgan fingerprint density at radius 1 is 1.55 bits per heavy atom. The molecule has 0 bridgehead atoms. The van der Waals surface area contributed by atoms with E-state index in [2.05, 4.69) is 36.0 Å². The number of aromatic amines is 1. The fourth-order valence-corrected chi connectivity index (χ4v) is 2.47. The molecule has 102 valence electrons. The highest BCUT2D eigenvalue weighted by molar-refractivity contribution is 7.07. The number of rotatable bonds is 5. The van der Waals surface area contributed by atoms with Crippen molar-refractivity contribution in [1.82, 2.24) is 35.4 Å². The van der Waals surface area contributed by atoms with Crippen LogP contribution in [0.15, 0.2) is 29.5 Å². The Kier molecular flexibility index (Phi) is 3.46. The third kappa shape index (κ3) is 2.69. The zero-order chi connectivity index (χ0) is 13.8. The number of thiophene rings is 1. The number of anilines is 1. The zero-order valence-corrected chi connectivity index (χ0v) is 11.0. The van der Waals surface area contributed by atoms with Gasteiger partial charge >= 0.3 is 0 Å². The monoisotopic (exact) mass is 290 g/mol. The molecule has 3 rings (SSSR count). The lowest BCUT2D eigenvalue weighted by atomic mass is 10.1. The van der Waals surface area contributed by atoms with Gasteiger partial charge in [-0.3, -0.25) is 10.1 Å². The average Bonchev–Trinajstić information content (AvgIpc) is 3.18. The second kappa shape index (κ2) is 5.57. The number of nitrogens with one attached hydrogen (secondary N) is 2. The van der Waals surface area contributed by atoms with E-state index < -0.39 is 0 Å². The van der Waals surface area contributed by atoms with Gasteiger partial charge in [0.2, 0.25) is 11.9 Å². The first-order chi connectivity index (χ1) is 9.83. The second-order valence-corrected chi connectivity index (χ2v) is 4.73. The Bertz CT molecular complexity index is 613. The summed E-state index contributed by atoms with van der Waals surface area (Å²) in [4.78, 5) is 15.9. The van der Waals surface area contributed by atoms with E-state index in [0.29, 0.717) is 5.95 Å². The zero-order valence-electron chi connectivity index (χ0n) is 10.2. The summed E-state index contributed by atoms with van der Waals surface area (Å²) >= 11 is 1.56. The van der Waals surface area contributed by atoms with Crippen LogP contribution >= 0.6 is 11.3 Å². The summed E-state index contributed by atoms with van der Waals surface area (Å²) in [7, 11) is 0. The van der Waals surface area contributed by atoms with Gasteiger partial charge in [0.15, 0.2) is 0 Å². The molecule has 0 saturated carbocycles. The summed E-state index contributed by atoms with van der Waals surface area (Å²) in [6.45, 7) is 0. The number of hydrogen-bond donors (Lipinski definition) is 2. The average molecular weight is 290 g/mol. The number of H-pyrrole nitrogens is 1. The van der Waals surface area contributed by atoms with Crippen LogP contribution in [0.1, 0.15) is 18.0 Å². The molecule has 0 unspecified atom stereocenters. The molecular weight excluding hydrogens is 280 g/mol. The van der Waals surface area contributed by atoms with Gasteiger partial charge < -0.3 is 0 Å². The lowest BCUT2D eigenvalue weighted by molar-refractivity contribution is -0.116. The summed E-state index contributed by atoms with van der Waals surface area (Å²) in [5.74, 6) is 0.115. The first-order valence-corrected chi connectivity index (χ1v) is 6.67. The van der Waals surface area contributed by atoms with Gasteiger partial charge in [0.25, 0.3) is 0 Å². The number of amides is 1. The van der Waals surface area contributed by atoms with Crippen molar-refractivity contribution in [3.8, 4) is 0 Å². The van der Waals surface area contributed by atoms with Gasteiger partial charge in [0.05, 0.1) is 12.5 Å². The molecule has 1 atom stereocenters. The van der Waals surface area contributed by atoms with Gasteiger partial charge in [0.1, 0.15) is 12.7 Å². The first-order valence-electron chi connectivity index (χ1n) is 5.72. The van der Waals surface area contributed by atoms with Crippen molar-refractivity contribution in [2.75, 3.05) is 5.32 Å². The smallest absolute Gasteiger partial charge is 0.229 e. The maximum absolute atomic E-state index is 12.0. The quantitative estimate of drug-likeness (QED) is 0.706.